The molecule has 1 unspecified atom stereocenters. The van der Waals surface area contributed by atoms with Gasteiger partial charge in [0.1, 0.15) is 0 Å². The smallest absolute Gasteiger partial charge is 0.00977 e. The van der Waals surface area contributed by atoms with Crippen LogP contribution < -0.4 is 0 Å². The fourth-order valence-corrected chi connectivity index (χ4v) is 2.93. The van der Waals surface area contributed by atoms with E-state index in [2.05, 4.69) is 71.6 Å². The summed E-state index contributed by atoms with van der Waals surface area (Å²) in [5.74, 6) is 0.518. The van der Waals surface area contributed by atoms with Crippen LogP contribution in [0.5, 0.6) is 0 Å². The van der Waals surface area contributed by atoms with Gasteiger partial charge in [0.25, 0.3) is 0 Å². The second-order valence-electron chi connectivity index (χ2n) is 4.84. The topological polar surface area (TPSA) is 0 Å². The van der Waals surface area contributed by atoms with Crippen molar-refractivity contribution in [2.75, 3.05) is 6.16 Å². The summed E-state index contributed by atoms with van der Waals surface area (Å²) in [7, 11) is 2.86. The van der Waals surface area contributed by atoms with Crippen LogP contribution in [0.4, 0.5) is 0 Å². The van der Waals surface area contributed by atoms with Crippen molar-refractivity contribution in [3.05, 3.63) is 70.8 Å². The Morgan fingerprint density at radius 3 is 1.67 bits per heavy atom. The molecule has 1 atom stereocenters. The standard InChI is InChI=1S/C17H21P/c1-13-7-3-5-9-15(13)17(11-12-18)16-10-6-4-8-14(16)2/h3-10,17H,11-12,18H2,1-2H3. The Hall–Kier alpha value is -1.13. The summed E-state index contributed by atoms with van der Waals surface area (Å²) in [6.45, 7) is 4.42. The van der Waals surface area contributed by atoms with Gasteiger partial charge in [-0.1, -0.05) is 48.5 Å². The minimum Gasteiger partial charge on any atom is -0.138 e. The van der Waals surface area contributed by atoms with E-state index in [1.165, 1.54) is 28.7 Å². The minimum absolute atomic E-state index is 0.518. The summed E-state index contributed by atoms with van der Waals surface area (Å²) in [6.07, 6.45) is 2.31. The Kier molecular flexibility index (Phi) is 4.55. The third-order valence-corrected chi connectivity index (χ3v) is 3.92. The molecular formula is C17H21P. The fourth-order valence-electron chi connectivity index (χ4n) is 2.60. The van der Waals surface area contributed by atoms with Gasteiger partial charge < -0.3 is 0 Å². The zero-order chi connectivity index (χ0) is 13.0. The van der Waals surface area contributed by atoms with Crippen LogP contribution in [0.15, 0.2) is 48.5 Å². The molecule has 0 saturated carbocycles. The van der Waals surface area contributed by atoms with Gasteiger partial charge in [0, 0.05) is 5.92 Å². The summed E-state index contributed by atoms with van der Waals surface area (Å²) >= 11 is 0. The highest BCUT2D eigenvalue weighted by Gasteiger charge is 2.16. The molecule has 0 aliphatic carbocycles. The molecule has 0 aromatic heterocycles. The SMILES string of the molecule is Cc1ccccc1C(CCP)c1ccccc1C. The van der Waals surface area contributed by atoms with Crippen molar-refractivity contribution in [3.8, 4) is 0 Å². The van der Waals surface area contributed by atoms with Crippen molar-refractivity contribution < 1.29 is 0 Å². The van der Waals surface area contributed by atoms with Crippen LogP contribution in [-0.2, 0) is 0 Å². The maximum absolute atomic E-state index is 2.86. The van der Waals surface area contributed by atoms with E-state index in [1.807, 2.05) is 0 Å². The second-order valence-corrected chi connectivity index (χ2v) is 5.42. The van der Waals surface area contributed by atoms with Gasteiger partial charge in [0.2, 0.25) is 0 Å². The monoisotopic (exact) mass is 256 g/mol. The van der Waals surface area contributed by atoms with Gasteiger partial charge in [0.15, 0.2) is 0 Å². The quantitative estimate of drug-likeness (QED) is 0.695. The fraction of sp³-hybridized carbons (Fsp3) is 0.294. The van der Waals surface area contributed by atoms with Crippen LogP contribution in [0.25, 0.3) is 0 Å². The first kappa shape index (κ1) is 13.3. The molecule has 0 N–H and O–H groups in total. The Morgan fingerprint density at radius 2 is 1.28 bits per heavy atom. The second kappa shape index (κ2) is 6.16. The van der Waals surface area contributed by atoms with E-state index in [4.69, 9.17) is 0 Å². The maximum atomic E-state index is 2.86. The van der Waals surface area contributed by atoms with Gasteiger partial charge in [-0.05, 0) is 48.7 Å². The van der Waals surface area contributed by atoms with Crippen LogP contribution in [-0.4, -0.2) is 6.16 Å². The lowest BCUT2D eigenvalue weighted by atomic mass is 9.84. The van der Waals surface area contributed by atoms with Gasteiger partial charge in [-0.2, -0.15) is 0 Å². The van der Waals surface area contributed by atoms with E-state index < -0.39 is 0 Å². The lowest BCUT2D eigenvalue weighted by Crippen LogP contribution is -2.05. The van der Waals surface area contributed by atoms with E-state index in [0.717, 1.165) is 6.16 Å². The van der Waals surface area contributed by atoms with Gasteiger partial charge in [-0.25, -0.2) is 0 Å². The third-order valence-electron chi connectivity index (χ3n) is 3.58. The number of benzene rings is 2. The first-order valence-electron chi connectivity index (χ1n) is 6.55. The number of aryl methyl sites for hydroxylation is 2. The molecule has 94 valence electrons. The predicted octanol–water partition coefficient (Wildman–Crippen LogP) is 4.70. The molecule has 2 rings (SSSR count). The molecule has 2 aromatic carbocycles. The predicted molar refractivity (Wildman–Crippen MR) is 83.4 cm³/mol. The number of rotatable bonds is 4. The Bertz CT molecular complexity index is 471. The highest BCUT2D eigenvalue weighted by Crippen LogP contribution is 2.32. The highest BCUT2D eigenvalue weighted by molar-refractivity contribution is 7.16. The molecule has 0 heterocycles. The van der Waals surface area contributed by atoms with E-state index in [-0.39, 0.29) is 0 Å². The summed E-state index contributed by atoms with van der Waals surface area (Å²) in [4.78, 5) is 0. The van der Waals surface area contributed by atoms with Crippen molar-refractivity contribution in [2.45, 2.75) is 26.2 Å². The molecule has 18 heavy (non-hydrogen) atoms. The molecular weight excluding hydrogens is 235 g/mol. The first-order chi connectivity index (χ1) is 8.74. The maximum Gasteiger partial charge on any atom is 0.00977 e. The number of hydrogen-bond acceptors (Lipinski definition) is 0. The molecule has 0 fully saturated rings. The zero-order valence-corrected chi connectivity index (χ0v) is 12.3. The zero-order valence-electron chi connectivity index (χ0n) is 11.2. The average Bonchev–Trinajstić information content (AvgIpc) is 2.38. The van der Waals surface area contributed by atoms with E-state index in [1.54, 1.807) is 0 Å². The Morgan fingerprint density at radius 1 is 0.833 bits per heavy atom. The molecule has 0 saturated heterocycles. The van der Waals surface area contributed by atoms with E-state index >= 15 is 0 Å². The third kappa shape index (κ3) is 2.82. The van der Waals surface area contributed by atoms with Crippen LogP contribution in [0.2, 0.25) is 0 Å². The molecule has 0 nitrogen and oxygen atoms in total. The Labute approximate surface area is 113 Å². The lowest BCUT2D eigenvalue weighted by Gasteiger charge is -2.21. The van der Waals surface area contributed by atoms with Gasteiger partial charge in [-0.3, -0.25) is 0 Å². The van der Waals surface area contributed by atoms with Crippen molar-refractivity contribution in [2.24, 2.45) is 0 Å². The largest absolute Gasteiger partial charge is 0.138 e. The molecule has 2 aromatic rings. The van der Waals surface area contributed by atoms with Gasteiger partial charge in [0.05, 0.1) is 0 Å². The molecule has 0 aliphatic rings. The minimum atomic E-state index is 0.518. The van der Waals surface area contributed by atoms with Crippen molar-refractivity contribution in [1.82, 2.24) is 0 Å². The van der Waals surface area contributed by atoms with Crippen LogP contribution >= 0.6 is 9.24 Å². The molecule has 0 aliphatic heterocycles. The van der Waals surface area contributed by atoms with E-state index in [9.17, 15) is 0 Å². The molecule has 0 spiro atoms. The molecule has 0 radical (unpaired) electrons. The summed E-state index contributed by atoms with van der Waals surface area (Å²) in [5, 5.41) is 0. The van der Waals surface area contributed by atoms with Crippen molar-refractivity contribution in [3.63, 3.8) is 0 Å². The van der Waals surface area contributed by atoms with Gasteiger partial charge in [-0.15, -0.1) is 9.24 Å². The normalized spacial score (nSPS) is 10.9. The van der Waals surface area contributed by atoms with Crippen molar-refractivity contribution in [1.29, 1.82) is 0 Å². The van der Waals surface area contributed by atoms with E-state index in [0.29, 0.717) is 5.92 Å². The number of hydrogen-bond donors (Lipinski definition) is 0. The average molecular weight is 256 g/mol. The summed E-state index contributed by atoms with van der Waals surface area (Å²) in [5.41, 5.74) is 5.72. The molecule has 0 amide bonds. The van der Waals surface area contributed by atoms with Crippen LogP contribution in [0, 0.1) is 13.8 Å². The first-order valence-corrected chi connectivity index (χ1v) is 7.37. The lowest BCUT2D eigenvalue weighted by molar-refractivity contribution is 0.773. The van der Waals surface area contributed by atoms with Gasteiger partial charge >= 0.3 is 0 Å². The summed E-state index contributed by atoms with van der Waals surface area (Å²) in [6, 6.07) is 17.5. The molecule has 0 bridgehead atoms. The highest BCUT2D eigenvalue weighted by atomic mass is 31.0. The van der Waals surface area contributed by atoms with Crippen LogP contribution in [0.1, 0.15) is 34.6 Å². The summed E-state index contributed by atoms with van der Waals surface area (Å²) < 4.78 is 0. The van der Waals surface area contributed by atoms with Crippen molar-refractivity contribution >= 4 is 9.24 Å². The van der Waals surface area contributed by atoms with Crippen LogP contribution in [0.3, 0.4) is 0 Å². The molecule has 1 heteroatoms. The Balaban J connectivity index is 2.47.